The van der Waals surface area contributed by atoms with Crippen LogP contribution in [0.25, 0.3) is 0 Å². The first kappa shape index (κ1) is 13.7. The van der Waals surface area contributed by atoms with E-state index in [0.717, 1.165) is 49.4 Å². The van der Waals surface area contributed by atoms with E-state index in [1.807, 2.05) is 12.1 Å². The number of nitrogens with zero attached hydrogens (tertiary/aromatic N) is 1. The average molecular weight is 276 g/mol. The number of hydrogen-bond donors (Lipinski definition) is 1. The fourth-order valence-corrected chi connectivity index (χ4v) is 2.98. The predicted octanol–water partition coefficient (Wildman–Crippen LogP) is 2.12. The molecule has 20 heavy (non-hydrogen) atoms. The quantitative estimate of drug-likeness (QED) is 0.915. The van der Waals surface area contributed by atoms with Gasteiger partial charge in [-0.25, -0.2) is 0 Å². The van der Waals surface area contributed by atoms with Gasteiger partial charge in [-0.2, -0.15) is 0 Å². The van der Waals surface area contributed by atoms with E-state index in [1.165, 1.54) is 6.42 Å². The Morgan fingerprint density at radius 3 is 2.80 bits per heavy atom. The summed E-state index contributed by atoms with van der Waals surface area (Å²) in [5, 5.41) is 0. The Labute approximate surface area is 120 Å². The zero-order chi connectivity index (χ0) is 14.2. The van der Waals surface area contributed by atoms with Gasteiger partial charge in [0.1, 0.15) is 6.10 Å². The Kier molecular flexibility index (Phi) is 3.61. The van der Waals surface area contributed by atoms with Crippen LogP contribution in [-0.2, 0) is 5.54 Å². The Bertz CT molecular complexity index is 485. The van der Waals surface area contributed by atoms with Crippen LogP contribution in [0.5, 0.6) is 11.5 Å². The molecule has 110 valence electrons. The van der Waals surface area contributed by atoms with Gasteiger partial charge in [0.25, 0.3) is 0 Å². The number of benzene rings is 1. The molecule has 1 saturated carbocycles. The highest BCUT2D eigenvalue weighted by Crippen LogP contribution is 2.49. The highest BCUT2D eigenvalue weighted by Gasteiger charge is 2.43. The van der Waals surface area contributed by atoms with Crippen molar-refractivity contribution in [1.82, 2.24) is 4.90 Å². The van der Waals surface area contributed by atoms with Crippen molar-refractivity contribution in [3.63, 3.8) is 0 Å². The molecule has 1 aromatic carbocycles. The van der Waals surface area contributed by atoms with Gasteiger partial charge < -0.3 is 20.1 Å². The van der Waals surface area contributed by atoms with E-state index in [0.29, 0.717) is 0 Å². The van der Waals surface area contributed by atoms with Gasteiger partial charge in [-0.15, -0.1) is 0 Å². The molecule has 2 fully saturated rings. The van der Waals surface area contributed by atoms with Crippen molar-refractivity contribution in [3.05, 3.63) is 23.8 Å². The van der Waals surface area contributed by atoms with Crippen LogP contribution in [0.15, 0.2) is 18.2 Å². The largest absolute Gasteiger partial charge is 0.493 e. The third-order valence-electron chi connectivity index (χ3n) is 4.39. The molecule has 0 spiro atoms. The summed E-state index contributed by atoms with van der Waals surface area (Å²) in [5.41, 5.74) is 7.28. The van der Waals surface area contributed by atoms with Crippen LogP contribution in [0.1, 0.15) is 31.2 Å². The number of likely N-dealkylation sites (tertiary alicyclic amines) is 1. The van der Waals surface area contributed by atoms with Gasteiger partial charge in [-0.3, -0.25) is 0 Å². The second-order valence-corrected chi connectivity index (χ2v) is 6.14. The number of nitrogens with two attached hydrogens (primary N) is 1. The molecule has 1 atom stereocenters. The molecule has 3 rings (SSSR count). The molecule has 4 nitrogen and oxygen atoms in total. The Balaban J connectivity index is 1.86. The average Bonchev–Trinajstić information content (AvgIpc) is 3.18. The van der Waals surface area contributed by atoms with Crippen LogP contribution >= 0.6 is 0 Å². The van der Waals surface area contributed by atoms with Crippen molar-refractivity contribution in [1.29, 1.82) is 0 Å². The number of rotatable bonds is 4. The fraction of sp³-hybridized carbons (Fsp3) is 0.625. The second-order valence-electron chi connectivity index (χ2n) is 6.14. The molecule has 0 bridgehead atoms. The van der Waals surface area contributed by atoms with Gasteiger partial charge in [-0.05, 0) is 45.3 Å². The summed E-state index contributed by atoms with van der Waals surface area (Å²) < 4.78 is 11.8. The highest BCUT2D eigenvalue weighted by molar-refractivity contribution is 5.51. The Morgan fingerprint density at radius 2 is 2.15 bits per heavy atom. The van der Waals surface area contributed by atoms with Crippen LogP contribution in [-0.4, -0.2) is 38.3 Å². The Hall–Kier alpha value is -1.26. The van der Waals surface area contributed by atoms with E-state index in [1.54, 1.807) is 7.11 Å². The summed E-state index contributed by atoms with van der Waals surface area (Å²) >= 11 is 0. The zero-order valence-corrected chi connectivity index (χ0v) is 12.4. The van der Waals surface area contributed by atoms with Crippen LogP contribution in [0.3, 0.4) is 0 Å². The molecular weight excluding hydrogens is 252 g/mol. The summed E-state index contributed by atoms with van der Waals surface area (Å²) in [4.78, 5) is 2.32. The molecule has 1 saturated heterocycles. The van der Waals surface area contributed by atoms with Gasteiger partial charge in [0.15, 0.2) is 11.5 Å². The SMILES string of the molecule is COc1cccc(C2(N)CC2)c1OC1CCCN(C)C1. The summed E-state index contributed by atoms with van der Waals surface area (Å²) in [5.74, 6) is 1.66. The maximum Gasteiger partial charge on any atom is 0.166 e. The highest BCUT2D eigenvalue weighted by atomic mass is 16.5. The molecule has 2 N–H and O–H groups in total. The molecule has 0 aromatic heterocycles. The molecule has 1 aromatic rings. The minimum absolute atomic E-state index is 0.204. The number of likely N-dealkylation sites (N-methyl/N-ethyl adjacent to an activating group) is 1. The number of para-hydroxylation sites is 1. The summed E-state index contributed by atoms with van der Waals surface area (Å²) in [6.45, 7) is 2.12. The van der Waals surface area contributed by atoms with Crippen LogP contribution in [0, 0.1) is 0 Å². The lowest BCUT2D eigenvalue weighted by atomic mass is 10.0. The molecule has 2 aliphatic rings. The third-order valence-corrected chi connectivity index (χ3v) is 4.39. The lowest BCUT2D eigenvalue weighted by Gasteiger charge is -2.31. The van der Waals surface area contributed by atoms with Crippen molar-refractivity contribution < 1.29 is 9.47 Å². The second kappa shape index (κ2) is 5.26. The third kappa shape index (κ3) is 2.63. The van der Waals surface area contributed by atoms with Crippen molar-refractivity contribution in [3.8, 4) is 11.5 Å². The van der Waals surface area contributed by atoms with Gasteiger partial charge in [-0.1, -0.05) is 12.1 Å². The molecule has 1 aliphatic heterocycles. The van der Waals surface area contributed by atoms with Gasteiger partial charge in [0, 0.05) is 17.6 Å². The molecular formula is C16H24N2O2. The van der Waals surface area contributed by atoms with E-state index in [2.05, 4.69) is 18.0 Å². The topological polar surface area (TPSA) is 47.7 Å². The van der Waals surface area contributed by atoms with Crippen molar-refractivity contribution in [2.45, 2.75) is 37.3 Å². The number of piperidine rings is 1. The molecule has 4 heteroatoms. The van der Waals surface area contributed by atoms with E-state index in [9.17, 15) is 0 Å². The first-order valence-corrected chi connectivity index (χ1v) is 7.44. The minimum atomic E-state index is -0.204. The number of hydrogen-bond acceptors (Lipinski definition) is 4. The Morgan fingerprint density at radius 1 is 1.35 bits per heavy atom. The predicted molar refractivity (Wildman–Crippen MR) is 79.2 cm³/mol. The standard InChI is InChI=1S/C16H24N2O2/c1-18-10-4-5-12(11-18)20-15-13(16(17)8-9-16)6-3-7-14(15)19-2/h3,6-7,12H,4-5,8-11,17H2,1-2H3. The van der Waals surface area contributed by atoms with E-state index in [4.69, 9.17) is 15.2 Å². The van der Waals surface area contributed by atoms with E-state index in [-0.39, 0.29) is 11.6 Å². The fourth-order valence-electron chi connectivity index (χ4n) is 2.98. The molecule has 0 amide bonds. The molecule has 1 unspecified atom stereocenters. The summed E-state index contributed by atoms with van der Waals surface area (Å²) in [6, 6.07) is 6.04. The van der Waals surface area contributed by atoms with E-state index < -0.39 is 0 Å². The van der Waals surface area contributed by atoms with Gasteiger partial charge in [0.2, 0.25) is 0 Å². The summed E-state index contributed by atoms with van der Waals surface area (Å²) in [6.07, 6.45) is 4.56. The van der Waals surface area contributed by atoms with Crippen LogP contribution in [0.2, 0.25) is 0 Å². The van der Waals surface area contributed by atoms with Crippen molar-refractivity contribution in [2.24, 2.45) is 5.73 Å². The zero-order valence-electron chi connectivity index (χ0n) is 12.4. The van der Waals surface area contributed by atoms with Crippen LogP contribution in [0.4, 0.5) is 0 Å². The smallest absolute Gasteiger partial charge is 0.166 e. The monoisotopic (exact) mass is 276 g/mol. The lowest BCUT2D eigenvalue weighted by Crippen LogP contribution is -2.39. The summed E-state index contributed by atoms with van der Waals surface area (Å²) in [7, 11) is 3.83. The maximum absolute atomic E-state index is 6.38. The van der Waals surface area contributed by atoms with Crippen LogP contribution < -0.4 is 15.2 Å². The van der Waals surface area contributed by atoms with Gasteiger partial charge >= 0.3 is 0 Å². The van der Waals surface area contributed by atoms with Crippen molar-refractivity contribution in [2.75, 3.05) is 27.2 Å². The lowest BCUT2D eigenvalue weighted by molar-refractivity contribution is 0.0997. The molecule has 1 heterocycles. The van der Waals surface area contributed by atoms with Crippen molar-refractivity contribution >= 4 is 0 Å². The number of ether oxygens (including phenoxy) is 2. The van der Waals surface area contributed by atoms with E-state index >= 15 is 0 Å². The molecule has 0 radical (unpaired) electrons. The molecule has 1 aliphatic carbocycles. The first-order chi connectivity index (χ1) is 9.62. The normalized spacial score (nSPS) is 25.2. The van der Waals surface area contributed by atoms with Gasteiger partial charge in [0.05, 0.1) is 7.11 Å². The maximum atomic E-state index is 6.38. The first-order valence-electron chi connectivity index (χ1n) is 7.44. The minimum Gasteiger partial charge on any atom is -0.493 e. The number of methoxy groups -OCH3 is 1.